The third-order valence-electron chi connectivity index (χ3n) is 3.21. The molecule has 0 saturated carbocycles. The molecule has 0 aliphatic rings. The lowest BCUT2D eigenvalue weighted by molar-refractivity contribution is 0.384. The average molecular weight is 238 g/mol. The number of hydrogen-bond donors (Lipinski definition) is 1. The van der Waals surface area contributed by atoms with Crippen LogP contribution in [0.3, 0.4) is 0 Å². The molecule has 0 saturated heterocycles. The SMILES string of the molecule is CCCNC(C)C(C)Cc1ncnn1CCC. The molecule has 0 amide bonds. The molecule has 1 aromatic heterocycles. The fourth-order valence-corrected chi connectivity index (χ4v) is 1.88. The molecule has 0 fully saturated rings. The lowest BCUT2D eigenvalue weighted by Crippen LogP contribution is -2.34. The highest BCUT2D eigenvalue weighted by atomic mass is 15.3. The van der Waals surface area contributed by atoms with Gasteiger partial charge in [-0.2, -0.15) is 5.10 Å². The van der Waals surface area contributed by atoms with Gasteiger partial charge in [-0.1, -0.05) is 20.8 Å². The van der Waals surface area contributed by atoms with Crippen molar-refractivity contribution < 1.29 is 0 Å². The van der Waals surface area contributed by atoms with Crippen molar-refractivity contribution in [2.75, 3.05) is 6.54 Å². The topological polar surface area (TPSA) is 42.7 Å². The second kappa shape index (κ2) is 7.43. The first-order valence-electron chi connectivity index (χ1n) is 6.79. The van der Waals surface area contributed by atoms with Gasteiger partial charge in [0, 0.05) is 19.0 Å². The summed E-state index contributed by atoms with van der Waals surface area (Å²) in [5, 5.41) is 7.80. The average Bonchev–Trinajstić information content (AvgIpc) is 2.74. The van der Waals surface area contributed by atoms with Crippen molar-refractivity contribution >= 4 is 0 Å². The summed E-state index contributed by atoms with van der Waals surface area (Å²) >= 11 is 0. The van der Waals surface area contributed by atoms with Crippen LogP contribution in [0, 0.1) is 5.92 Å². The molecule has 98 valence electrons. The van der Waals surface area contributed by atoms with Crippen molar-refractivity contribution in [3.8, 4) is 0 Å². The van der Waals surface area contributed by atoms with Gasteiger partial charge >= 0.3 is 0 Å². The van der Waals surface area contributed by atoms with Crippen LogP contribution in [-0.2, 0) is 13.0 Å². The summed E-state index contributed by atoms with van der Waals surface area (Å²) in [5.41, 5.74) is 0. The fraction of sp³-hybridized carbons (Fsp3) is 0.846. The Morgan fingerprint density at radius 2 is 2.06 bits per heavy atom. The van der Waals surface area contributed by atoms with Crippen LogP contribution in [0.4, 0.5) is 0 Å². The minimum Gasteiger partial charge on any atom is -0.314 e. The van der Waals surface area contributed by atoms with E-state index in [4.69, 9.17) is 0 Å². The van der Waals surface area contributed by atoms with E-state index in [1.54, 1.807) is 6.33 Å². The Morgan fingerprint density at radius 3 is 2.71 bits per heavy atom. The summed E-state index contributed by atoms with van der Waals surface area (Å²) in [6.45, 7) is 11.0. The zero-order valence-electron chi connectivity index (χ0n) is 11.6. The minimum atomic E-state index is 0.529. The monoisotopic (exact) mass is 238 g/mol. The molecule has 0 radical (unpaired) electrons. The predicted octanol–water partition coefficient (Wildman–Crippen LogP) is 2.25. The molecule has 1 rings (SSSR count). The quantitative estimate of drug-likeness (QED) is 0.755. The van der Waals surface area contributed by atoms with Gasteiger partial charge in [-0.15, -0.1) is 0 Å². The van der Waals surface area contributed by atoms with Crippen molar-refractivity contribution in [3.63, 3.8) is 0 Å². The molecule has 4 heteroatoms. The van der Waals surface area contributed by atoms with Gasteiger partial charge in [0.1, 0.15) is 12.2 Å². The zero-order valence-corrected chi connectivity index (χ0v) is 11.6. The molecular weight excluding hydrogens is 212 g/mol. The van der Waals surface area contributed by atoms with E-state index in [1.807, 2.05) is 4.68 Å². The summed E-state index contributed by atoms with van der Waals surface area (Å²) in [7, 11) is 0. The summed E-state index contributed by atoms with van der Waals surface area (Å²) in [6.07, 6.45) is 4.96. The highest BCUT2D eigenvalue weighted by Crippen LogP contribution is 2.10. The second-order valence-corrected chi connectivity index (χ2v) is 4.82. The molecule has 0 aliphatic heterocycles. The van der Waals surface area contributed by atoms with Crippen LogP contribution in [0.5, 0.6) is 0 Å². The normalized spacial score (nSPS) is 14.8. The maximum absolute atomic E-state index is 4.36. The van der Waals surface area contributed by atoms with Crippen molar-refractivity contribution in [1.82, 2.24) is 20.1 Å². The van der Waals surface area contributed by atoms with E-state index in [0.29, 0.717) is 12.0 Å². The van der Waals surface area contributed by atoms with E-state index < -0.39 is 0 Å². The molecule has 2 unspecified atom stereocenters. The summed E-state index contributed by atoms with van der Waals surface area (Å²) in [5.74, 6) is 1.70. The van der Waals surface area contributed by atoms with E-state index in [1.165, 1.54) is 6.42 Å². The van der Waals surface area contributed by atoms with E-state index >= 15 is 0 Å². The first-order chi connectivity index (χ1) is 8.19. The van der Waals surface area contributed by atoms with Crippen molar-refractivity contribution in [2.45, 2.75) is 59.5 Å². The Labute approximate surface area is 105 Å². The van der Waals surface area contributed by atoms with E-state index in [9.17, 15) is 0 Å². The van der Waals surface area contributed by atoms with Crippen LogP contribution < -0.4 is 5.32 Å². The lowest BCUT2D eigenvalue weighted by atomic mass is 9.99. The van der Waals surface area contributed by atoms with Gasteiger partial charge in [-0.3, -0.25) is 4.68 Å². The van der Waals surface area contributed by atoms with Crippen LogP contribution >= 0.6 is 0 Å². The highest BCUT2D eigenvalue weighted by molar-refractivity contribution is 4.88. The first-order valence-corrected chi connectivity index (χ1v) is 6.79. The number of nitrogens with one attached hydrogen (secondary N) is 1. The molecule has 1 aromatic rings. The molecule has 1 heterocycles. The Hall–Kier alpha value is -0.900. The van der Waals surface area contributed by atoms with Crippen LogP contribution in [0.15, 0.2) is 6.33 Å². The molecule has 17 heavy (non-hydrogen) atoms. The molecule has 1 N–H and O–H groups in total. The largest absolute Gasteiger partial charge is 0.314 e. The molecule has 0 spiro atoms. The highest BCUT2D eigenvalue weighted by Gasteiger charge is 2.15. The molecule has 0 bridgehead atoms. The fourth-order valence-electron chi connectivity index (χ4n) is 1.88. The lowest BCUT2D eigenvalue weighted by Gasteiger charge is -2.20. The number of rotatable bonds is 8. The Balaban J connectivity index is 2.48. The molecule has 0 aromatic carbocycles. The maximum Gasteiger partial charge on any atom is 0.138 e. The number of nitrogens with zero attached hydrogens (tertiary/aromatic N) is 3. The molecule has 2 atom stereocenters. The van der Waals surface area contributed by atoms with E-state index in [-0.39, 0.29) is 0 Å². The van der Waals surface area contributed by atoms with Gasteiger partial charge < -0.3 is 5.32 Å². The predicted molar refractivity (Wildman–Crippen MR) is 70.9 cm³/mol. The van der Waals surface area contributed by atoms with E-state index in [2.05, 4.69) is 43.1 Å². The van der Waals surface area contributed by atoms with Crippen LogP contribution in [0.1, 0.15) is 46.4 Å². The van der Waals surface area contributed by atoms with Gasteiger partial charge in [0.25, 0.3) is 0 Å². The third-order valence-corrected chi connectivity index (χ3v) is 3.21. The Morgan fingerprint density at radius 1 is 1.29 bits per heavy atom. The minimum absolute atomic E-state index is 0.529. The van der Waals surface area contributed by atoms with Crippen LogP contribution in [0.25, 0.3) is 0 Å². The van der Waals surface area contributed by atoms with Gasteiger partial charge in [0.05, 0.1) is 0 Å². The number of hydrogen-bond acceptors (Lipinski definition) is 3. The molecule has 0 aliphatic carbocycles. The van der Waals surface area contributed by atoms with Gasteiger partial charge in [-0.25, -0.2) is 4.98 Å². The summed E-state index contributed by atoms with van der Waals surface area (Å²) in [6, 6.07) is 0.529. The van der Waals surface area contributed by atoms with Gasteiger partial charge in [0.15, 0.2) is 0 Å². The summed E-state index contributed by atoms with van der Waals surface area (Å²) < 4.78 is 2.03. The van der Waals surface area contributed by atoms with Crippen molar-refractivity contribution in [1.29, 1.82) is 0 Å². The number of aryl methyl sites for hydroxylation is 1. The van der Waals surface area contributed by atoms with Crippen molar-refractivity contribution in [2.24, 2.45) is 5.92 Å². The first kappa shape index (κ1) is 14.2. The Bertz CT molecular complexity index is 308. The van der Waals surface area contributed by atoms with E-state index in [0.717, 1.165) is 31.8 Å². The standard InChI is InChI=1S/C13H26N4/c1-5-7-14-12(4)11(3)9-13-15-10-16-17(13)8-6-2/h10-12,14H,5-9H2,1-4H3. The van der Waals surface area contributed by atoms with Gasteiger partial charge in [0.2, 0.25) is 0 Å². The van der Waals surface area contributed by atoms with Crippen LogP contribution in [-0.4, -0.2) is 27.4 Å². The third kappa shape index (κ3) is 4.46. The summed E-state index contributed by atoms with van der Waals surface area (Å²) in [4.78, 5) is 4.36. The van der Waals surface area contributed by atoms with Crippen LogP contribution in [0.2, 0.25) is 0 Å². The zero-order chi connectivity index (χ0) is 12.7. The second-order valence-electron chi connectivity index (χ2n) is 4.82. The molecule has 4 nitrogen and oxygen atoms in total. The van der Waals surface area contributed by atoms with Gasteiger partial charge in [-0.05, 0) is 32.2 Å². The Kier molecular flexibility index (Phi) is 6.19. The van der Waals surface area contributed by atoms with Crippen molar-refractivity contribution in [3.05, 3.63) is 12.2 Å². The maximum atomic E-state index is 4.36. The number of aromatic nitrogens is 3. The smallest absolute Gasteiger partial charge is 0.138 e. The molecular formula is C13H26N4.